The van der Waals surface area contributed by atoms with Crippen molar-refractivity contribution in [1.29, 1.82) is 0 Å². The number of carbonyl (C=O) groups excluding carboxylic acids is 1. The van der Waals surface area contributed by atoms with Crippen molar-refractivity contribution in [2.75, 3.05) is 18.6 Å². The first-order valence-electron chi connectivity index (χ1n) is 6.37. The number of aromatic nitrogens is 3. The van der Waals surface area contributed by atoms with Gasteiger partial charge in [-0.25, -0.2) is 4.68 Å². The minimum absolute atomic E-state index is 0.0753. The first-order chi connectivity index (χ1) is 10.7. The maximum Gasteiger partial charge on any atom is 0.453 e. The van der Waals surface area contributed by atoms with Crippen LogP contribution in [0.15, 0.2) is 16.6 Å². The topological polar surface area (TPSA) is 77.0 Å². The molecule has 0 saturated heterocycles. The van der Waals surface area contributed by atoms with Gasteiger partial charge in [0.05, 0.1) is 12.3 Å². The summed E-state index contributed by atoms with van der Waals surface area (Å²) >= 11 is 2.36. The van der Waals surface area contributed by atoms with Gasteiger partial charge in [0.2, 0.25) is 11.1 Å². The van der Waals surface area contributed by atoms with Crippen LogP contribution in [0, 0.1) is 6.92 Å². The third-order valence-electron chi connectivity index (χ3n) is 3.02. The van der Waals surface area contributed by atoms with E-state index < -0.39 is 12.0 Å². The lowest BCUT2D eigenvalue weighted by Gasteiger charge is -2.16. The fourth-order valence-electron chi connectivity index (χ4n) is 1.67. The second kappa shape index (κ2) is 6.79. The van der Waals surface area contributed by atoms with Crippen molar-refractivity contribution in [2.45, 2.75) is 24.8 Å². The smallest absolute Gasteiger partial charge is 0.340 e. The Morgan fingerprint density at radius 2 is 2.17 bits per heavy atom. The van der Waals surface area contributed by atoms with Crippen LogP contribution in [0.2, 0.25) is 0 Å². The Morgan fingerprint density at radius 1 is 1.48 bits per heavy atom. The molecule has 2 rings (SSSR count). The molecule has 0 spiro atoms. The highest BCUT2D eigenvalue weighted by Crippen LogP contribution is 2.29. The van der Waals surface area contributed by atoms with Gasteiger partial charge in [-0.3, -0.25) is 4.79 Å². The van der Waals surface area contributed by atoms with Crippen molar-refractivity contribution in [2.24, 2.45) is 0 Å². The lowest BCUT2D eigenvalue weighted by Crippen LogP contribution is -2.28. The minimum atomic E-state index is -4.68. The summed E-state index contributed by atoms with van der Waals surface area (Å²) in [5.74, 6) is 3.70. The lowest BCUT2D eigenvalue weighted by molar-refractivity contribution is -0.146. The molecule has 2 aromatic rings. The summed E-state index contributed by atoms with van der Waals surface area (Å²) in [5, 5.41) is 8.14. The van der Waals surface area contributed by atoms with E-state index in [1.807, 2.05) is 18.4 Å². The molecule has 0 aliphatic rings. The second-order valence-electron chi connectivity index (χ2n) is 4.74. The number of nitrogen functional groups attached to an aromatic ring is 1. The van der Waals surface area contributed by atoms with Crippen LogP contribution in [-0.4, -0.2) is 38.5 Å². The van der Waals surface area contributed by atoms with E-state index in [4.69, 9.17) is 5.84 Å². The third-order valence-corrected chi connectivity index (χ3v) is 4.95. The molecule has 0 bridgehead atoms. The zero-order chi connectivity index (χ0) is 17.2. The molecule has 0 unspecified atom stereocenters. The van der Waals surface area contributed by atoms with Crippen LogP contribution in [-0.2, 0) is 17.5 Å². The number of thiophene rings is 1. The van der Waals surface area contributed by atoms with Crippen LogP contribution in [0.4, 0.5) is 13.2 Å². The number of amides is 1. The number of alkyl halides is 3. The summed E-state index contributed by atoms with van der Waals surface area (Å²) in [6, 6.07) is 1.96. The van der Waals surface area contributed by atoms with Crippen LogP contribution in [0.1, 0.15) is 16.3 Å². The number of carbonyl (C=O) groups is 1. The number of hydrogen-bond donors (Lipinski definition) is 1. The van der Waals surface area contributed by atoms with E-state index in [2.05, 4.69) is 10.2 Å². The van der Waals surface area contributed by atoms with Crippen LogP contribution in [0.25, 0.3) is 0 Å². The number of thioether (sulfide) groups is 1. The van der Waals surface area contributed by atoms with E-state index in [1.165, 1.54) is 4.90 Å². The SMILES string of the molecule is Cc1ccsc1CN(C)C(=O)CSc1nnc(C(F)(F)F)n1N. The molecule has 1 amide bonds. The predicted octanol–water partition coefficient (Wildman–Crippen LogP) is 2.13. The molecule has 0 radical (unpaired) electrons. The fraction of sp³-hybridized carbons (Fsp3) is 0.417. The van der Waals surface area contributed by atoms with Crippen LogP contribution >= 0.6 is 23.1 Å². The summed E-state index contributed by atoms with van der Waals surface area (Å²) in [7, 11) is 1.64. The highest BCUT2D eigenvalue weighted by molar-refractivity contribution is 7.99. The summed E-state index contributed by atoms with van der Waals surface area (Å²) in [5.41, 5.74) is 1.10. The molecule has 2 N–H and O–H groups in total. The highest BCUT2D eigenvalue weighted by Gasteiger charge is 2.38. The van der Waals surface area contributed by atoms with Gasteiger partial charge in [-0.15, -0.1) is 21.5 Å². The zero-order valence-electron chi connectivity index (χ0n) is 12.3. The van der Waals surface area contributed by atoms with Gasteiger partial charge in [0.1, 0.15) is 0 Å². The van der Waals surface area contributed by atoms with E-state index in [-0.39, 0.29) is 16.8 Å². The Kier molecular flexibility index (Phi) is 5.19. The first kappa shape index (κ1) is 17.6. The van der Waals surface area contributed by atoms with E-state index in [1.54, 1.807) is 18.4 Å². The summed E-state index contributed by atoms with van der Waals surface area (Å²) in [4.78, 5) is 14.6. The molecule has 0 atom stereocenters. The molecule has 2 heterocycles. The van der Waals surface area contributed by atoms with Crippen molar-refractivity contribution in [3.8, 4) is 0 Å². The summed E-state index contributed by atoms with van der Waals surface area (Å²) < 4.78 is 38.0. The molecule has 0 aliphatic carbocycles. The van der Waals surface area contributed by atoms with Gasteiger partial charge in [-0.05, 0) is 23.9 Å². The predicted molar refractivity (Wildman–Crippen MR) is 81.4 cm³/mol. The number of halogens is 3. The number of rotatable bonds is 5. The Hall–Kier alpha value is -1.75. The average Bonchev–Trinajstić information content (AvgIpc) is 3.02. The van der Waals surface area contributed by atoms with Crippen molar-refractivity contribution in [1.82, 2.24) is 19.8 Å². The zero-order valence-corrected chi connectivity index (χ0v) is 13.9. The molecule has 11 heteroatoms. The van der Waals surface area contributed by atoms with Crippen molar-refractivity contribution in [3.05, 3.63) is 27.7 Å². The Bertz CT molecular complexity index is 697. The maximum atomic E-state index is 12.6. The molecule has 0 fully saturated rings. The largest absolute Gasteiger partial charge is 0.453 e. The number of aryl methyl sites for hydroxylation is 1. The quantitative estimate of drug-likeness (QED) is 0.649. The monoisotopic (exact) mass is 365 g/mol. The first-order valence-corrected chi connectivity index (χ1v) is 8.24. The number of nitrogens with zero attached hydrogens (tertiary/aromatic N) is 4. The van der Waals surface area contributed by atoms with Gasteiger partial charge in [0, 0.05) is 11.9 Å². The Labute approximate surface area is 138 Å². The summed E-state index contributed by atoms with van der Waals surface area (Å²) in [6.07, 6.45) is -4.68. The standard InChI is InChI=1S/C12H14F3N5OS2/c1-7-3-4-22-8(7)5-19(2)9(21)6-23-11-18-17-10(20(11)16)12(13,14)15/h3-4H,5-6,16H2,1-2H3. The van der Waals surface area contributed by atoms with Crippen molar-refractivity contribution >= 4 is 29.0 Å². The van der Waals surface area contributed by atoms with Gasteiger partial charge >= 0.3 is 6.18 Å². The van der Waals surface area contributed by atoms with Gasteiger partial charge in [-0.1, -0.05) is 11.8 Å². The number of hydrogen-bond acceptors (Lipinski definition) is 6. The lowest BCUT2D eigenvalue weighted by atomic mass is 10.3. The molecule has 6 nitrogen and oxygen atoms in total. The molecule has 0 aromatic carbocycles. The van der Waals surface area contributed by atoms with E-state index in [0.29, 0.717) is 11.2 Å². The van der Waals surface area contributed by atoms with E-state index in [0.717, 1.165) is 22.2 Å². The van der Waals surface area contributed by atoms with E-state index >= 15 is 0 Å². The van der Waals surface area contributed by atoms with Gasteiger partial charge in [0.15, 0.2) is 0 Å². The van der Waals surface area contributed by atoms with Gasteiger partial charge in [0.25, 0.3) is 5.82 Å². The molecule has 2 aromatic heterocycles. The van der Waals surface area contributed by atoms with Crippen molar-refractivity contribution in [3.63, 3.8) is 0 Å². The average molecular weight is 365 g/mol. The number of nitrogens with two attached hydrogens (primary N) is 1. The van der Waals surface area contributed by atoms with Crippen molar-refractivity contribution < 1.29 is 18.0 Å². The maximum absolute atomic E-state index is 12.6. The van der Waals surface area contributed by atoms with Crippen LogP contribution < -0.4 is 5.84 Å². The fourth-order valence-corrected chi connectivity index (χ4v) is 3.43. The van der Waals surface area contributed by atoms with Crippen LogP contribution in [0.5, 0.6) is 0 Å². The molecule has 0 saturated carbocycles. The van der Waals surface area contributed by atoms with Crippen LogP contribution in [0.3, 0.4) is 0 Å². The second-order valence-corrected chi connectivity index (χ2v) is 6.68. The normalized spacial score (nSPS) is 11.7. The third kappa shape index (κ3) is 4.16. The molecule has 23 heavy (non-hydrogen) atoms. The van der Waals surface area contributed by atoms with Gasteiger partial charge < -0.3 is 10.7 Å². The molecular formula is C12H14F3N5OS2. The van der Waals surface area contributed by atoms with Gasteiger partial charge in [-0.2, -0.15) is 13.2 Å². The highest BCUT2D eigenvalue weighted by atomic mass is 32.2. The minimum Gasteiger partial charge on any atom is -0.340 e. The molecular weight excluding hydrogens is 351 g/mol. The summed E-state index contributed by atoms with van der Waals surface area (Å²) in [6.45, 7) is 2.40. The molecule has 126 valence electrons. The Balaban J connectivity index is 1.94. The Morgan fingerprint density at radius 3 is 2.70 bits per heavy atom. The molecule has 0 aliphatic heterocycles. The van der Waals surface area contributed by atoms with E-state index in [9.17, 15) is 18.0 Å².